The number of hydrogen-bond donors (Lipinski definition) is 2. The van der Waals surface area contributed by atoms with Gasteiger partial charge in [0.05, 0.1) is 24.9 Å². The first kappa shape index (κ1) is 17.9. The molecular weight excluding hydrogens is 330 g/mol. The molecule has 0 unspecified atom stereocenters. The maximum absolute atomic E-state index is 11.4. The van der Waals surface area contributed by atoms with Gasteiger partial charge >= 0.3 is 5.69 Å². The van der Waals surface area contributed by atoms with E-state index in [1.165, 1.54) is 25.5 Å². The molecule has 0 saturated heterocycles. The van der Waals surface area contributed by atoms with Crippen LogP contribution in [0.5, 0.6) is 11.5 Å². The van der Waals surface area contributed by atoms with Crippen LogP contribution in [0.25, 0.3) is 0 Å². The summed E-state index contributed by atoms with van der Waals surface area (Å²) in [5, 5.41) is 15.2. The van der Waals surface area contributed by atoms with E-state index in [-0.39, 0.29) is 35.3 Å². The summed E-state index contributed by atoms with van der Waals surface area (Å²) in [5.74, 6) is 0.443. The standard InChI is InChI=1S/C15H17N5O5/c1-4-25-14-11(20(22)23)6-10(7-12(14)24-3)8-16-19-15-17-9(2)5-13(21)18-15/h5-8H,4H2,1-3H3,(H2,17,18,19,21)/b16-8-. The number of aromatic nitrogens is 2. The van der Waals surface area contributed by atoms with Crippen LogP contribution in [-0.2, 0) is 0 Å². The summed E-state index contributed by atoms with van der Waals surface area (Å²) in [5.41, 5.74) is 2.95. The molecule has 2 rings (SSSR count). The summed E-state index contributed by atoms with van der Waals surface area (Å²) in [6, 6.07) is 4.20. The Morgan fingerprint density at radius 1 is 1.44 bits per heavy atom. The number of methoxy groups -OCH3 is 1. The van der Waals surface area contributed by atoms with E-state index in [4.69, 9.17) is 9.47 Å². The van der Waals surface area contributed by atoms with Crippen molar-refractivity contribution in [2.45, 2.75) is 13.8 Å². The highest BCUT2D eigenvalue weighted by atomic mass is 16.6. The number of ether oxygens (including phenoxy) is 2. The van der Waals surface area contributed by atoms with Gasteiger partial charge in [0.2, 0.25) is 11.7 Å². The van der Waals surface area contributed by atoms with Gasteiger partial charge in [-0.05, 0) is 19.9 Å². The van der Waals surface area contributed by atoms with Crippen molar-refractivity contribution in [2.75, 3.05) is 19.1 Å². The number of nitrogens with zero attached hydrogens (tertiary/aromatic N) is 3. The first-order chi connectivity index (χ1) is 11.9. The summed E-state index contributed by atoms with van der Waals surface area (Å²) >= 11 is 0. The molecule has 2 aromatic rings. The Morgan fingerprint density at radius 2 is 2.20 bits per heavy atom. The van der Waals surface area contributed by atoms with Gasteiger partial charge in [-0.25, -0.2) is 10.4 Å². The molecule has 0 aliphatic rings. The van der Waals surface area contributed by atoms with Crippen LogP contribution in [0.4, 0.5) is 11.6 Å². The second kappa shape index (κ2) is 7.90. The van der Waals surface area contributed by atoms with Crippen molar-refractivity contribution in [3.8, 4) is 11.5 Å². The van der Waals surface area contributed by atoms with E-state index >= 15 is 0 Å². The molecule has 2 N–H and O–H groups in total. The molecular formula is C15H17N5O5. The van der Waals surface area contributed by atoms with Crippen LogP contribution < -0.4 is 20.5 Å². The second-order valence-corrected chi connectivity index (χ2v) is 4.87. The zero-order valence-electron chi connectivity index (χ0n) is 13.9. The van der Waals surface area contributed by atoms with Crippen LogP contribution >= 0.6 is 0 Å². The number of benzene rings is 1. The number of H-pyrrole nitrogens is 1. The van der Waals surface area contributed by atoms with Gasteiger partial charge in [-0.3, -0.25) is 19.9 Å². The molecule has 0 aliphatic heterocycles. The van der Waals surface area contributed by atoms with E-state index in [1.54, 1.807) is 19.9 Å². The highest BCUT2D eigenvalue weighted by Gasteiger charge is 2.21. The summed E-state index contributed by atoms with van der Waals surface area (Å²) in [7, 11) is 1.39. The van der Waals surface area contributed by atoms with Crippen molar-refractivity contribution in [1.82, 2.24) is 9.97 Å². The number of hydrazone groups is 1. The number of nitrogens with one attached hydrogen (secondary N) is 2. The Kier molecular flexibility index (Phi) is 5.66. The van der Waals surface area contributed by atoms with Gasteiger partial charge in [-0.15, -0.1) is 0 Å². The van der Waals surface area contributed by atoms with Gasteiger partial charge in [0, 0.05) is 23.4 Å². The molecule has 0 saturated carbocycles. The second-order valence-electron chi connectivity index (χ2n) is 4.87. The van der Waals surface area contributed by atoms with Gasteiger partial charge in [0.25, 0.3) is 5.56 Å². The Balaban J connectivity index is 2.30. The maximum Gasteiger partial charge on any atom is 0.315 e. The van der Waals surface area contributed by atoms with Gasteiger partial charge in [-0.1, -0.05) is 0 Å². The van der Waals surface area contributed by atoms with Crippen LogP contribution in [0.1, 0.15) is 18.2 Å². The Hall–Kier alpha value is -3.43. The molecule has 0 spiro atoms. The molecule has 0 atom stereocenters. The number of aryl methyl sites for hydroxylation is 1. The smallest absolute Gasteiger partial charge is 0.315 e. The lowest BCUT2D eigenvalue weighted by Crippen LogP contribution is -2.10. The van der Waals surface area contributed by atoms with Crippen molar-refractivity contribution < 1.29 is 14.4 Å². The molecule has 1 aromatic carbocycles. The lowest BCUT2D eigenvalue weighted by atomic mass is 10.2. The number of rotatable bonds is 7. The molecule has 10 heteroatoms. The third-order valence-corrected chi connectivity index (χ3v) is 3.02. The van der Waals surface area contributed by atoms with E-state index in [9.17, 15) is 14.9 Å². The lowest BCUT2D eigenvalue weighted by Gasteiger charge is -2.10. The highest BCUT2D eigenvalue weighted by Crippen LogP contribution is 2.37. The zero-order chi connectivity index (χ0) is 18.4. The van der Waals surface area contributed by atoms with E-state index in [0.717, 1.165) is 0 Å². The van der Waals surface area contributed by atoms with Crippen LogP contribution in [-0.4, -0.2) is 34.8 Å². The summed E-state index contributed by atoms with van der Waals surface area (Å²) in [6.45, 7) is 3.65. The maximum atomic E-state index is 11.4. The Morgan fingerprint density at radius 3 is 2.80 bits per heavy atom. The lowest BCUT2D eigenvalue weighted by molar-refractivity contribution is -0.385. The first-order valence-electron chi connectivity index (χ1n) is 7.30. The number of aromatic amines is 1. The molecule has 1 heterocycles. The van der Waals surface area contributed by atoms with Crippen molar-refractivity contribution in [3.05, 3.63) is 49.9 Å². The number of hydrogen-bond acceptors (Lipinski definition) is 8. The van der Waals surface area contributed by atoms with Crippen molar-refractivity contribution in [3.63, 3.8) is 0 Å². The Bertz CT molecular complexity index is 862. The fraction of sp³-hybridized carbons (Fsp3) is 0.267. The van der Waals surface area contributed by atoms with Gasteiger partial charge in [0.1, 0.15) is 0 Å². The normalized spacial score (nSPS) is 10.7. The van der Waals surface area contributed by atoms with E-state index in [1.807, 2.05) is 0 Å². The predicted octanol–water partition coefficient (Wildman–Crippen LogP) is 1.84. The quantitative estimate of drug-likeness (QED) is 0.443. The topological polar surface area (TPSA) is 132 Å². The SMILES string of the molecule is CCOc1c(OC)cc(/C=N\Nc2nc(C)cc(=O)[nH]2)cc1[N+](=O)[O-]. The minimum Gasteiger partial charge on any atom is -0.493 e. The third-order valence-electron chi connectivity index (χ3n) is 3.02. The van der Waals surface area contributed by atoms with Gasteiger partial charge in [-0.2, -0.15) is 5.10 Å². The fourth-order valence-electron chi connectivity index (χ4n) is 2.06. The predicted molar refractivity (Wildman–Crippen MR) is 91.6 cm³/mol. The van der Waals surface area contributed by atoms with Crippen molar-refractivity contribution >= 4 is 17.9 Å². The average molecular weight is 347 g/mol. The molecule has 0 radical (unpaired) electrons. The van der Waals surface area contributed by atoms with Crippen LogP contribution in [0.3, 0.4) is 0 Å². The highest BCUT2D eigenvalue weighted by molar-refractivity contribution is 5.83. The average Bonchev–Trinajstić information content (AvgIpc) is 2.54. The summed E-state index contributed by atoms with van der Waals surface area (Å²) in [6.07, 6.45) is 1.34. The van der Waals surface area contributed by atoms with Crippen LogP contribution in [0.2, 0.25) is 0 Å². The van der Waals surface area contributed by atoms with E-state index in [0.29, 0.717) is 11.3 Å². The van der Waals surface area contributed by atoms with Crippen LogP contribution in [0.15, 0.2) is 28.1 Å². The number of nitro groups is 1. The third kappa shape index (κ3) is 4.53. The molecule has 1 aromatic heterocycles. The van der Waals surface area contributed by atoms with E-state index in [2.05, 4.69) is 20.5 Å². The molecule has 132 valence electrons. The molecule has 0 aliphatic carbocycles. The minimum atomic E-state index is -0.558. The molecule has 0 amide bonds. The minimum absolute atomic E-state index is 0.0600. The summed E-state index contributed by atoms with van der Waals surface area (Å²) in [4.78, 5) is 28.6. The monoisotopic (exact) mass is 347 g/mol. The summed E-state index contributed by atoms with van der Waals surface area (Å²) < 4.78 is 10.5. The molecule has 25 heavy (non-hydrogen) atoms. The van der Waals surface area contributed by atoms with Crippen molar-refractivity contribution in [2.24, 2.45) is 5.10 Å². The number of anilines is 1. The number of nitro benzene ring substituents is 1. The van der Waals surface area contributed by atoms with Crippen molar-refractivity contribution in [1.29, 1.82) is 0 Å². The van der Waals surface area contributed by atoms with Crippen LogP contribution in [0, 0.1) is 17.0 Å². The molecule has 0 bridgehead atoms. The zero-order valence-corrected chi connectivity index (χ0v) is 13.9. The fourth-order valence-corrected chi connectivity index (χ4v) is 2.06. The first-order valence-corrected chi connectivity index (χ1v) is 7.30. The largest absolute Gasteiger partial charge is 0.493 e. The van der Waals surface area contributed by atoms with Gasteiger partial charge in [0.15, 0.2) is 5.75 Å². The Labute approximate surface area is 142 Å². The molecule has 0 fully saturated rings. The molecule has 10 nitrogen and oxygen atoms in total. The van der Waals surface area contributed by atoms with Gasteiger partial charge < -0.3 is 9.47 Å². The van der Waals surface area contributed by atoms with E-state index < -0.39 is 4.92 Å².